The molecule has 138 valence electrons. The summed E-state index contributed by atoms with van der Waals surface area (Å²) in [5.74, 6) is 1.11. The number of rotatable bonds is 4. The lowest BCUT2D eigenvalue weighted by Crippen LogP contribution is -2.13. The second-order valence-corrected chi connectivity index (χ2v) is 7.12. The van der Waals surface area contributed by atoms with E-state index in [1.807, 2.05) is 25.1 Å². The molecule has 0 fully saturated rings. The first-order chi connectivity index (χ1) is 13.7. The van der Waals surface area contributed by atoms with Crippen LogP contribution in [0.2, 0.25) is 0 Å². The normalized spacial score (nSPS) is 12.5. The Morgan fingerprint density at radius 3 is 2.86 bits per heavy atom. The van der Waals surface area contributed by atoms with E-state index in [2.05, 4.69) is 30.2 Å². The van der Waals surface area contributed by atoms with Crippen molar-refractivity contribution in [1.82, 2.24) is 24.9 Å². The van der Waals surface area contributed by atoms with Crippen LogP contribution in [0.15, 0.2) is 57.8 Å². The van der Waals surface area contributed by atoms with Gasteiger partial charge >= 0.3 is 5.63 Å². The van der Waals surface area contributed by atoms with E-state index in [0.717, 1.165) is 15.8 Å². The van der Waals surface area contributed by atoms with E-state index in [-0.39, 0.29) is 11.7 Å². The van der Waals surface area contributed by atoms with Crippen molar-refractivity contribution >= 4 is 39.1 Å². The van der Waals surface area contributed by atoms with Gasteiger partial charge < -0.3 is 14.7 Å². The number of H-pyrrole nitrogens is 1. The molecular formula is C19H14N6O2S. The summed E-state index contributed by atoms with van der Waals surface area (Å²) in [6.07, 6.45) is 4.79. The van der Waals surface area contributed by atoms with E-state index in [1.54, 1.807) is 24.1 Å². The van der Waals surface area contributed by atoms with E-state index in [4.69, 9.17) is 4.42 Å². The molecule has 0 saturated carbocycles. The third kappa shape index (κ3) is 2.64. The molecule has 8 nitrogen and oxygen atoms in total. The van der Waals surface area contributed by atoms with Gasteiger partial charge in [-0.15, -0.1) is 11.3 Å². The maximum atomic E-state index is 12.6. The van der Waals surface area contributed by atoms with Crippen LogP contribution in [0.4, 0.5) is 5.82 Å². The number of anilines is 1. The van der Waals surface area contributed by atoms with Crippen LogP contribution < -0.4 is 10.9 Å². The van der Waals surface area contributed by atoms with Crippen LogP contribution in [0, 0.1) is 0 Å². The Kier molecular flexibility index (Phi) is 3.87. The minimum atomic E-state index is -0.373. The van der Waals surface area contributed by atoms with E-state index in [0.29, 0.717) is 28.1 Å². The van der Waals surface area contributed by atoms with E-state index >= 15 is 0 Å². The third-order valence-corrected chi connectivity index (χ3v) is 5.30. The lowest BCUT2D eigenvalue weighted by atomic mass is 10.0. The minimum Gasteiger partial charge on any atom is -0.425 e. The van der Waals surface area contributed by atoms with Gasteiger partial charge in [0.1, 0.15) is 17.6 Å². The molecule has 2 N–H and O–H groups in total. The maximum Gasteiger partial charge on any atom is 0.343 e. The van der Waals surface area contributed by atoms with Gasteiger partial charge in [-0.1, -0.05) is 18.2 Å². The van der Waals surface area contributed by atoms with E-state index in [1.165, 1.54) is 17.7 Å². The topological polar surface area (TPSA) is 110 Å². The summed E-state index contributed by atoms with van der Waals surface area (Å²) >= 11 is 1.50. The monoisotopic (exact) mass is 390 g/mol. The zero-order chi connectivity index (χ0) is 19.1. The van der Waals surface area contributed by atoms with Crippen molar-refractivity contribution in [2.24, 2.45) is 0 Å². The minimum absolute atomic E-state index is 0.337. The number of nitrogens with one attached hydrogen (secondary N) is 2. The Morgan fingerprint density at radius 1 is 1.18 bits per heavy atom. The fraction of sp³-hybridized carbons (Fsp3) is 0.105. The van der Waals surface area contributed by atoms with Crippen molar-refractivity contribution in [2.75, 3.05) is 5.32 Å². The summed E-state index contributed by atoms with van der Waals surface area (Å²) in [7, 11) is 0. The van der Waals surface area contributed by atoms with Crippen LogP contribution in [-0.4, -0.2) is 24.9 Å². The average molecular weight is 390 g/mol. The lowest BCUT2D eigenvalue weighted by Gasteiger charge is -2.17. The number of hydrogen-bond donors (Lipinski definition) is 2. The molecule has 0 aliphatic heterocycles. The van der Waals surface area contributed by atoms with Crippen LogP contribution in [0.3, 0.4) is 0 Å². The molecule has 0 amide bonds. The Balaban J connectivity index is 1.69. The number of fused-ring (bicyclic) bond motifs is 2. The number of aromatic nitrogens is 5. The number of thiazole rings is 1. The van der Waals surface area contributed by atoms with Gasteiger partial charge in [-0.05, 0) is 13.0 Å². The van der Waals surface area contributed by atoms with Crippen LogP contribution in [0.5, 0.6) is 0 Å². The van der Waals surface area contributed by atoms with Crippen molar-refractivity contribution in [1.29, 1.82) is 0 Å². The van der Waals surface area contributed by atoms with Gasteiger partial charge in [-0.25, -0.2) is 19.7 Å². The Bertz CT molecular complexity index is 1340. The van der Waals surface area contributed by atoms with Gasteiger partial charge in [0, 0.05) is 17.1 Å². The summed E-state index contributed by atoms with van der Waals surface area (Å²) in [4.78, 5) is 33.3. The van der Waals surface area contributed by atoms with Crippen molar-refractivity contribution in [3.05, 3.63) is 64.8 Å². The van der Waals surface area contributed by atoms with E-state index in [9.17, 15) is 4.79 Å². The summed E-state index contributed by atoms with van der Waals surface area (Å²) < 4.78 is 5.76. The van der Waals surface area contributed by atoms with E-state index < -0.39 is 0 Å². The van der Waals surface area contributed by atoms with Crippen molar-refractivity contribution in [2.45, 2.75) is 13.0 Å². The summed E-state index contributed by atoms with van der Waals surface area (Å²) in [6, 6.07) is 7.09. The van der Waals surface area contributed by atoms with Gasteiger partial charge in [-0.3, -0.25) is 4.98 Å². The molecule has 1 aromatic carbocycles. The highest BCUT2D eigenvalue weighted by molar-refractivity contribution is 7.13. The molecule has 9 heteroatoms. The second kappa shape index (κ2) is 6.54. The Hall–Kier alpha value is -3.59. The number of benzene rings is 1. The van der Waals surface area contributed by atoms with Crippen molar-refractivity contribution < 1.29 is 4.42 Å². The van der Waals surface area contributed by atoms with Gasteiger partial charge in [0.05, 0.1) is 28.1 Å². The molecular weight excluding hydrogens is 376 g/mol. The molecule has 5 aromatic rings. The Morgan fingerprint density at radius 2 is 2.04 bits per heavy atom. The summed E-state index contributed by atoms with van der Waals surface area (Å²) in [5, 5.41) is 4.69. The highest BCUT2D eigenvalue weighted by Gasteiger charge is 2.22. The maximum absolute atomic E-state index is 12.6. The predicted molar refractivity (Wildman–Crippen MR) is 107 cm³/mol. The molecule has 4 heterocycles. The van der Waals surface area contributed by atoms with Gasteiger partial charge in [-0.2, -0.15) is 0 Å². The molecule has 0 bridgehead atoms. The van der Waals surface area contributed by atoms with Crippen LogP contribution in [0.25, 0.3) is 32.4 Å². The SMILES string of the molecule is CC(Nc1ncnc2nc[nH]c12)c1oc(=O)c2ccccc2c1-c1cncs1. The Labute approximate surface area is 162 Å². The largest absolute Gasteiger partial charge is 0.425 e. The fourth-order valence-corrected chi connectivity index (χ4v) is 3.95. The van der Waals surface area contributed by atoms with Crippen LogP contribution in [0.1, 0.15) is 18.7 Å². The third-order valence-electron chi connectivity index (χ3n) is 4.51. The fourth-order valence-electron chi connectivity index (χ4n) is 3.26. The van der Waals surface area contributed by atoms with Gasteiger partial charge in [0.15, 0.2) is 11.5 Å². The average Bonchev–Trinajstić information content (AvgIpc) is 3.40. The number of aromatic amines is 1. The zero-order valence-electron chi connectivity index (χ0n) is 14.7. The van der Waals surface area contributed by atoms with Crippen molar-refractivity contribution in [3.63, 3.8) is 0 Å². The molecule has 5 rings (SSSR count). The number of imidazole rings is 1. The first kappa shape index (κ1) is 16.6. The van der Waals surface area contributed by atoms with Crippen LogP contribution >= 0.6 is 11.3 Å². The lowest BCUT2D eigenvalue weighted by molar-refractivity contribution is 0.453. The molecule has 0 radical (unpaired) electrons. The molecule has 0 aliphatic rings. The molecule has 28 heavy (non-hydrogen) atoms. The highest BCUT2D eigenvalue weighted by Crippen LogP contribution is 2.36. The smallest absolute Gasteiger partial charge is 0.343 e. The van der Waals surface area contributed by atoms with Gasteiger partial charge in [0.2, 0.25) is 0 Å². The summed E-state index contributed by atoms with van der Waals surface area (Å²) in [5.41, 5.74) is 3.49. The highest BCUT2D eigenvalue weighted by atomic mass is 32.1. The molecule has 0 saturated heterocycles. The quantitative estimate of drug-likeness (QED) is 0.481. The number of hydrogen-bond acceptors (Lipinski definition) is 8. The van der Waals surface area contributed by atoms with Crippen molar-refractivity contribution in [3.8, 4) is 10.4 Å². The molecule has 4 aromatic heterocycles. The molecule has 1 atom stereocenters. The predicted octanol–water partition coefficient (Wildman–Crippen LogP) is 3.76. The molecule has 0 aliphatic carbocycles. The van der Waals surface area contributed by atoms with Gasteiger partial charge in [0.25, 0.3) is 0 Å². The standard InChI is InChI=1S/C19H14N6O2S/c1-10(25-18-15-17(22-7-21-15)23-8-24-18)16-14(13-6-20-9-28-13)11-4-2-3-5-12(11)19(26)27-16/h2-10H,1H3,(H2,21,22,23,24,25). The first-order valence-electron chi connectivity index (χ1n) is 8.57. The summed E-state index contributed by atoms with van der Waals surface area (Å²) in [6.45, 7) is 1.92. The second-order valence-electron chi connectivity index (χ2n) is 6.23. The zero-order valence-corrected chi connectivity index (χ0v) is 15.5. The van der Waals surface area contributed by atoms with Crippen LogP contribution in [-0.2, 0) is 0 Å². The number of nitrogens with zero attached hydrogens (tertiary/aromatic N) is 4. The molecule has 1 unspecified atom stereocenters. The molecule has 0 spiro atoms. The first-order valence-corrected chi connectivity index (χ1v) is 9.45.